The monoisotopic (exact) mass is 474 g/mol. The van der Waals surface area contributed by atoms with E-state index in [0.717, 1.165) is 17.5 Å². The number of amides is 1. The number of carbonyl (C=O) groups is 2. The molecule has 166 valence electrons. The first-order valence-electron chi connectivity index (χ1n) is 10.3. The first kappa shape index (κ1) is 22.8. The molecule has 0 bridgehead atoms. The van der Waals surface area contributed by atoms with Gasteiger partial charge in [0.15, 0.2) is 0 Å². The largest absolute Gasteiger partial charge is 0.545 e. The number of thiocarbonyl (C=S) groups is 1. The van der Waals surface area contributed by atoms with Crippen LogP contribution in [0.5, 0.6) is 5.75 Å². The maximum Gasteiger partial charge on any atom is 0.266 e. The van der Waals surface area contributed by atoms with Crippen LogP contribution in [-0.4, -0.2) is 27.6 Å². The Morgan fingerprint density at radius 3 is 2.33 bits per heavy atom. The highest BCUT2D eigenvalue weighted by atomic mass is 32.2. The number of carbonyl (C=O) groups excluding carboxylic acids is 2. The van der Waals surface area contributed by atoms with Crippen LogP contribution in [0.3, 0.4) is 0 Å². The van der Waals surface area contributed by atoms with Gasteiger partial charge < -0.3 is 14.6 Å². The molecule has 4 rings (SSSR count). The predicted molar refractivity (Wildman–Crippen MR) is 132 cm³/mol. The Balaban J connectivity index is 1.34. The zero-order valence-corrected chi connectivity index (χ0v) is 19.2. The summed E-state index contributed by atoms with van der Waals surface area (Å²) in [6.45, 7) is 0.871. The van der Waals surface area contributed by atoms with Crippen LogP contribution >= 0.6 is 24.0 Å². The van der Waals surface area contributed by atoms with E-state index in [1.807, 2.05) is 60.7 Å². The molecule has 33 heavy (non-hydrogen) atoms. The molecule has 1 fully saturated rings. The van der Waals surface area contributed by atoms with Crippen molar-refractivity contribution < 1.29 is 19.4 Å². The molecule has 1 saturated heterocycles. The third-order valence-electron chi connectivity index (χ3n) is 5.11. The number of rotatable bonds is 8. The maximum atomic E-state index is 12.8. The third-order valence-corrected chi connectivity index (χ3v) is 6.49. The highest BCUT2D eigenvalue weighted by Crippen LogP contribution is 2.33. The van der Waals surface area contributed by atoms with Gasteiger partial charge in [0.25, 0.3) is 5.91 Å². The first-order valence-corrected chi connectivity index (χ1v) is 11.5. The van der Waals surface area contributed by atoms with Gasteiger partial charge in [-0.15, -0.1) is 0 Å². The summed E-state index contributed by atoms with van der Waals surface area (Å²) in [5, 5.41) is 10.8. The molecule has 5 nitrogen and oxygen atoms in total. The molecular formula is C26H20NO4S2-. The van der Waals surface area contributed by atoms with Crippen molar-refractivity contribution in [3.63, 3.8) is 0 Å². The zero-order chi connectivity index (χ0) is 23.2. The standard InChI is InChI=1S/C26H21NO4S2/c28-24-23(33-26(32)27(24)15-14-18-4-2-1-3-5-18)16-19-8-12-22(13-9-19)31-17-20-6-10-21(11-7-20)25(29)30/h1-13,16H,14-15,17H2,(H,29,30)/p-1. The predicted octanol–water partition coefficient (Wildman–Crippen LogP) is 4.07. The van der Waals surface area contributed by atoms with E-state index < -0.39 is 5.97 Å². The van der Waals surface area contributed by atoms with Gasteiger partial charge in [0, 0.05) is 6.54 Å². The molecule has 0 radical (unpaired) electrons. The Morgan fingerprint density at radius 2 is 1.67 bits per heavy atom. The quantitative estimate of drug-likeness (QED) is 0.362. The first-order chi connectivity index (χ1) is 16.0. The minimum absolute atomic E-state index is 0.0683. The number of carboxylic acids is 1. The molecule has 1 aliphatic rings. The molecule has 1 heterocycles. The summed E-state index contributed by atoms with van der Waals surface area (Å²) in [6.07, 6.45) is 2.59. The molecule has 0 atom stereocenters. The van der Waals surface area contributed by atoms with Gasteiger partial charge in [0.05, 0.1) is 10.9 Å². The number of hydrogen-bond donors (Lipinski definition) is 0. The Kier molecular flexibility index (Phi) is 7.22. The SMILES string of the molecule is O=C([O-])c1ccc(COc2ccc(C=C3SC(=S)N(CCc4ccccc4)C3=O)cc2)cc1. The van der Waals surface area contributed by atoms with Gasteiger partial charge in [0.1, 0.15) is 16.7 Å². The molecule has 1 aliphatic heterocycles. The minimum atomic E-state index is -1.20. The van der Waals surface area contributed by atoms with Crippen LogP contribution < -0.4 is 9.84 Å². The van der Waals surface area contributed by atoms with Gasteiger partial charge in [0.2, 0.25) is 0 Å². The van der Waals surface area contributed by atoms with Crippen molar-refractivity contribution in [2.45, 2.75) is 13.0 Å². The minimum Gasteiger partial charge on any atom is -0.545 e. The van der Waals surface area contributed by atoms with E-state index in [4.69, 9.17) is 17.0 Å². The van der Waals surface area contributed by atoms with Crippen molar-refractivity contribution >= 4 is 46.3 Å². The summed E-state index contributed by atoms with van der Waals surface area (Å²) >= 11 is 6.74. The van der Waals surface area contributed by atoms with E-state index in [-0.39, 0.29) is 11.5 Å². The number of carboxylic acid groups (broad SMARTS) is 1. The average Bonchev–Trinajstić information content (AvgIpc) is 3.10. The lowest BCUT2D eigenvalue weighted by Gasteiger charge is -2.14. The number of thioether (sulfide) groups is 1. The van der Waals surface area contributed by atoms with Crippen molar-refractivity contribution in [3.8, 4) is 5.75 Å². The molecule has 0 spiro atoms. The number of hydrogen-bond acceptors (Lipinski definition) is 6. The highest BCUT2D eigenvalue weighted by molar-refractivity contribution is 8.26. The van der Waals surface area contributed by atoms with Crippen molar-refractivity contribution in [3.05, 3.63) is 106 Å². The summed E-state index contributed by atoms with van der Waals surface area (Å²) in [5.41, 5.74) is 3.03. The van der Waals surface area contributed by atoms with E-state index in [1.165, 1.54) is 29.5 Å². The van der Waals surface area contributed by atoms with Gasteiger partial charge in [-0.3, -0.25) is 9.69 Å². The number of ether oxygens (including phenoxy) is 1. The van der Waals surface area contributed by atoms with Crippen LogP contribution in [0.1, 0.15) is 27.0 Å². The van der Waals surface area contributed by atoms with Gasteiger partial charge in [-0.2, -0.15) is 0 Å². The van der Waals surface area contributed by atoms with Gasteiger partial charge in [-0.25, -0.2) is 0 Å². The normalized spacial score (nSPS) is 14.7. The molecule has 0 N–H and O–H groups in total. The summed E-state index contributed by atoms with van der Waals surface area (Å²) in [4.78, 5) is 25.9. The lowest BCUT2D eigenvalue weighted by atomic mass is 10.1. The van der Waals surface area contributed by atoms with Gasteiger partial charge >= 0.3 is 0 Å². The fourth-order valence-corrected chi connectivity index (χ4v) is 4.60. The molecule has 3 aromatic carbocycles. The van der Waals surface area contributed by atoms with Crippen LogP contribution in [-0.2, 0) is 17.8 Å². The Labute approximate surface area is 201 Å². The van der Waals surface area contributed by atoms with E-state index in [9.17, 15) is 14.7 Å². The van der Waals surface area contributed by atoms with E-state index in [0.29, 0.717) is 28.1 Å². The van der Waals surface area contributed by atoms with Crippen LogP contribution in [0.15, 0.2) is 83.8 Å². The fraction of sp³-hybridized carbons (Fsp3) is 0.115. The molecule has 7 heteroatoms. The van der Waals surface area contributed by atoms with Crippen LogP contribution in [0, 0.1) is 0 Å². The Morgan fingerprint density at radius 1 is 0.970 bits per heavy atom. The average molecular weight is 475 g/mol. The van der Waals surface area contributed by atoms with Crippen molar-refractivity contribution in [2.24, 2.45) is 0 Å². The third kappa shape index (κ3) is 5.88. The summed E-state index contributed by atoms with van der Waals surface area (Å²) in [5.74, 6) is -0.598. The van der Waals surface area contributed by atoms with Gasteiger partial charge in [-0.05, 0) is 46.9 Å². The van der Waals surface area contributed by atoms with Gasteiger partial charge in [-0.1, -0.05) is 90.7 Å². The van der Waals surface area contributed by atoms with Crippen molar-refractivity contribution in [1.82, 2.24) is 4.90 Å². The maximum absolute atomic E-state index is 12.8. The zero-order valence-electron chi connectivity index (χ0n) is 17.6. The number of aromatic carboxylic acids is 1. The highest BCUT2D eigenvalue weighted by Gasteiger charge is 2.31. The summed E-state index contributed by atoms with van der Waals surface area (Å²) in [7, 11) is 0. The van der Waals surface area contributed by atoms with Crippen LogP contribution in [0.25, 0.3) is 6.08 Å². The smallest absolute Gasteiger partial charge is 0.266 e. The van der Waals surface area contributed by atoms with E-state index in [1.54, 1.807) is 17.0 Å². The molecule has 0 aliphatic carbocycles. The second-order valence-corrected chi connectivity index (χ2v) is 9.09. The Hall–Kier alpha value is -3.42. The molecule has 1 amide bonds. The second kappa shape index (κ2) is 10.5. The van der Waals surface area contributed by atoms with E-state index >= 15 is 0 Å². The van der Waals surface area contributed by atoms with Crippen LogP contribution in [0.4, 0.5) is 0 Å². The summed E-state index contributed by atoms with van der Waals surface area (Å²) in [6, 6.07) is 23.8. The lowest BCUT2D eigenvalue weighted by Crippen LogP contribution is -2.30. The molecule has 3 aromatic rings. The van der Waals surface area contributed by atoms with Crippen LogP contribution in [0.2, 0.25) is 0 Å². The molecule has 0 unspecified atom stereocenters. The molecular weight excluding hydrogens is 454 g/mol. The molecule has 0 saturated carbocycles. The number of nitrogens with zero attached hydrogens (tertiary/aromatic N) is 1. The number of benzene rings is 3. The second-order valence-electron chi connectivity index (χ2n) is 7.41. The topological polar surface area (TPSA) is 69.7 Å². The van der Waals surface area contributed by atoms with Crippen molar-refractivity contribution in [2.75, 3.05) is 6.54 Å². The van der Waals surface area contributed by atoms with Crippen molar-refractivity contribution in [1.29, 1.82) is 0 Å². The van der Waals surface area contributed by atoms with E-state index in [2.05, 4.69) is 0 Å². The molecule has 0 aromatic heterocycles. The summed E-state index contributed by atoms with van der Waals surface area (Å²) < 4.78 is 6.34. The fourth-order valence-electron chi connectivity index (χ4n) is 3.29. The lowest BCUT2D eigenvalue weighted by molar-refractivity contribution is -0.255. The Bertz CT molecular complexity index is 1190.